The van der Waals surface area contributed by atoms with Gasteiger partial charge in [0.2, 0.25) is 5.91 Å². The second kappa shape index (κ2) is 6.89. The molecule has 0 spiro atoms. The molecule has 1 aromatic heterocycles. The first-order valence-corrected chi connectivity index (χ1v) is 7.76. The van der Waals surface area contributed by atoms with Gasteiger partial charge in [0.15, 0.2) is 5.69 Å². The van der Waals surface area contributed by atoms with Crippen molar-refractivity contribution in [3.63, 3.8) is 0 Å². The van der Waals surface area contributed by atoms with Crippen LogP contribution in [0.15, 0.2) is 0 Å². The summed E-state index contributed by atoms with van der Waals surface area (Å²) in [6.45, 7) is 1.55. The van der Waals surface area contributed by atoms with Gasteiger partial charge in [-0.05, 0) is 19.8 Å². The Kier molecular flexibility index (Phi) is 5.36. The van der Waals surface area contributed by atoms with Crippen LogP contribution in [0.4, 0.5) is 13.2 Å². The Morgan fingerprint density at radius 1 is 1.36 bits per heavy atom. The van der Waals surface area contributed by atoms with E-state index < -0.39 is 16.9 Å². The third kappa shape index (κ3) is 4.15. The lowest BCUT2D eigenvalue weighted by molar-refractivity contribution is -0.141. The zero-order valence-electron chi connectivity index (χ0n) is 12.3. The van der Waals surface area contributed by atoms with Crippen molar-refractivity contribution in [2.75, 3.05) is 0 Å². The van der Waals surface area contributed by atoms with Crippen molar-refractivity contribution in [3.05, 3.63) is 16.4 Å². The summed E-state index contributed by atoms with van der Waals surface area (Å²) in [6, 6.07) is 0.189. The normalized spacial score (nSPS) is 16.8. The summed E-state index contributed by atoms with van der Waals surface area (Å²) in [5.74, 6) is -0.161. The van der Waals surface area contributed by atoms with E-state index in [2.05, 4.69) is 10.4 Å². The largest absolute Gasteiger partial charge is 0.436 e. The van der Waals surface area contributed by atoms with E-state index in [-0.39, 0.29) is 30.6 Å². The number of nitrogens with one attached hydrogen (secondary N) is 1. The Bertz CT molecular complexity index is 536. The number of hydrogen-bond acceptors (Lipinski definition) is 2. The van der Waals surface area contributed by atoms with Crippen LogP contribution in [-0.2, 0) is 17.5 Å². The van der Waals surface area contributed by atoms with Crippen molar-refractivity contribution in [3.8, 4) is 0 Å². The van der Waals surface area contributed by atoms with E-state index in [0.717, 1.165) is 30.4 Å². The monoisotopic (exact) mass is 337 g/mol. The zero-order valence-corrected chi connectivity index (χ0v) is 13.1. The van der Waals surface area contributed by atoms with Gasteiger partial charge in [0.05, 0.1) is 17.3 Å². The molecule has 0 saturated heterocycles. The van der Waals surface area contributed by atoms with Gasteiger partial charge in [-0.1, -0.05) is 30.9 Å². The second-order valence-electron chi connectivity index (χ2n) is 5.62. The molecular formula is C14H19ClF3N3O. The number of carbonyl (C=O) groups excluding carboxylic acids is 1. The van der Waals surface area contributed by atoms with E-state index in [0.29, 0.717) is 0 Å². The van der Waals surface area contributed by atoms with Gasteiger partial charge < -0.3 is 5.32 Å². The number of halogens is 4. The molecule has 0 atom stereocenters. The Labute approximate surface area is 132 Å². The predicted molar refractivity (Wildman–Crippen MR) is 76.6 cm³/mol. The number of aromatic nitrogens is 2. The smallest absolute Gasteiger partial charge is 0.353 e. The van der Waals surface area contributed by atoms with Crippen molar-refractivity contribution >= 4 is 17.5 Å². The lowest BCUT2D eigenvalue weighted by Crippen LogP contribution is -2.36. The quantitative estimate of drug-likeness (QED) is 0.910. The highest BCUT2D eigenvalue weighted by molar-refractivity contribution is 6.31. The van der Waals surface area contributed by atoms with Gasteiger partial charge in [-0.25, -0.2) is 0 Å². The molecule has 0 radical (unpaired) electrons. The number of amides is 1. The molecule has 1 amide bonds. The van der Waals surface area contributed by atoms with Crippen LogP contribution in [0.25, 0.3) is 0 Å². The molecule has 0 bridgehead atoms. The predicted octanol–water partition coefficient (Wildman–Crippen LogP) is 3.70. The summed E-state index contributed by atoms with van der Waals surface area (Å²) < 4.78 is 39.3. The van der Waals surface area contributed by atoms with E-state index in [1.807, 2.05) is 0 Å². The summed E-state index contributed by atoms with van der Waals surface area (Å²) in [4.78, 5) is 11.9. The first-order valence-electron chi connectivity index (χ1n) is 7.38. The summed E-state index contributed by atoms with van der Waals surface area (Å²) in [5.41, 5.74) is -0.876. The molecule has 2 rings (SSSR count). The summed E-state index contributed by atoms with van der Waals surface area (Å²) in [5, 5.41) is 6.00. The molecule has 124 valence electrons. The van der Waals surface area contributed by atoms with Gasteiger partial charge in [0.25, 0.3) is 0 Å². The van der Waals surface area contributed by atoms with Crippen molar-refractivity contribution in [2.24, 2.45) is 0 Å². The molecule has 1 fully saturated rings. The average Bonchev–Trinajstić information content (AvgIpc) is 2.74. The molecular weight excluding hydrogens is 319 g/mol. The fourth-order valence-electron chi connectivity index (χ4n) is 2.68. The molecule has 1 heterocycles. The molecule has 1 saturated carbocycles. The Hall–Kier alpha value is -1.24. The zero-order chi connectivity index (χ0) is 16.3. The van der Waals surface area contributed by atoms with Gasteiger partial charge in [-0.15, -0.1) is 0 Å². The van der Waals surface area contributed by atoms with E-state index in [9.17, 15) is 18.0 Å². The number of alkyl halides is 3. The highest BCUT2D eigenvalue weighted by Gasteiger charge is 2.38. The van der Waals surface area contributed by atoms with Crippen molar-refractivity contribution in [1.29, 1.82) is 0 Å². The second-order valence-corrected chi connectivity index (χ2v) is 6.00. The molecule has 0 aliphatic heterocycles. The number of carbonyl (C=O) groups is 1. The van der Waals surface area contributed by atoms with Gasteiger partial charge in [0.1, 0.15) is 0 Å². The SMILES string of the molecule is Cc1c(Cl)c(C(F)(F)F)nn1CCC(=O)NC1CCCCC1. The average molecular weight is 338 g/mol. The van der Waals surface area contributed by atoms with Crippen LogP contribution < -0.4 is 5.32 Å². The summed E-state index contributed by atoms with van der Waals surface area (Å²) in [6.07, 6.45) is 0.844. The first kappa shape index (κ1) is 17.1. The third-order valence-corrected chi connectivity index (χ3v) is 4.38. The summed E-state index contributed by atoms with van der Waals surface area (Å²) in [7, 11) is 0. The molecule has 22 heavy (non-hydrogen) atoms. The van der Waals surface area contributed by atoms with E-state index >= 15 is 0 Å². The maximum absolute atomic E-state index is 12.7. The van der Waals surface area contributed by atoms with Crippen LogP contribution in [0, 0.1) is 6.92 Å². The Morgan fingerprint density at radius 3 is 2.55 bits per heavy atom. The van der Waals surface area contributed by atoms with Gasteiger partial charge >= 0.3 is 6.18 Å². The van der Waals surface area contributed by atoms with Crippen LogP contribution in [-0.4, -0.2) is 21.7 Å². The topological polar surface area (TPSA) is 46.9 Å². The third-order valence-electron chi connectivity index (χ3n) is 3.92. The summed E-state index contributed by atoms with van der Waals surface area (Å²) >= 11 is 5.67. The number of nitrogens with zero attached hydrogens (tertiary/aromatic N) is 2. The fourth-order valence-corrected chi connectivity index (χ4v) is 2.92. The Morgan fingerprint density at radius 2 is 2.00 bits per heavy atom. The highest BCUT2D eigenvalue weighted by atomic mass is 35.5. The van der Waals surface area contributed by atoms with Gasteiger partial charge in [-0.3, -0.25) is 9.48 Å². The molecule has 1 aromatic rings. The lowest BCUT2D eigenvalue weighted by atomic mass is 9.95. The van der Waals surface area contributed by atoms with Crippen LogP contribution in [0.1, 0.15) is 49.9 Å². The van der Waals surface area contributed by atoms with Gasteiger partial charge in [0, 0.05) is 12.5 Å². The minimum Gasteiger partial charge on any atom is -0.353 e. The van der Waals surface area contributed by atoms with Crippen molar-refractivity contribution in [1.82, 2.24) is 15.1 Å². The number of rotatable bonds is 4. The molecule has 1 N–H and O–H groups in total. The highest BCUT2D eigenvalue weighted by Crippen LogP contribution is 2.35. The number of hydrogen-bond donors (Lipinski definition) is 1. The molecule has 4 nitrogen and oxygen atoms in total. The number of aryl methyl sites for hydroxylation is 1. The Balaban J connectivity index is 1.92. The van der Waals surface area contributed by atoms with E-state index in [1.54, 1.807) is 0 Å². The van der Waals surface area contributed by atoms with E-state index in [1.165, 1.54) is 13.3 Å². The van der Waals surface area contributed by atoms with Crippen LogP contribution in [0.5, 0.6) is 0 Å². The maximum atomic E-state index is 12.7. The van der Waals surface area contributed by atoms with Crippen LogP contribution in [0.2, 0.25) is 5.02 Å². The lowest BCUT2D eigenvalue weighted by Gasteiger charge is -2.22. The molecule has 0 unspecified atom stereocenters. The van der Waals surface area contributed by atoms with Crippen molar-refractivity contribution < 1.29 is 18.0 Å². The minimum atomic E-state index is -4.59. The maximum Gasteiger partial charge on any atom is 0.436 e. The molecule has 8 heteroatoms. The first-order chi connectivity index (χ1) is 10.3. The molecule has 1 aliphatic rings. The van der Waals surface area contributed by atoms with Crippen molar-refractivity contribution in [2.45, 2.75) is 64.2 Å². The minimum absolute atomic E-state index is 0.0835. The van der Waals surface area contributed by atoms with Crippen LogP contribution in [0.3, 0.4) is 0 Å². The van der Waals surface area contributed by atoms with Gasteiger partial charge in [-0.2, -0.15) is 18.3 Å². The standard InChI is InChI=1S/C14H19ClF3N3O/c1-9-12(15)13(14(16,17)18)20-21(9)8-7-11(22)19-10-5-3-2-4-6-10/h10H,2-8H2,1H3,(H,19,22). The molecule has 0 aromatic carbocycles. The van der Waals surface area contributed by atoms with Crippen LogP contribution >= 0.6 is 11.6 Å². The fraction of sp³-hybridized carbons (Fsp3) is 0.714. The molecule has 1 aliphatic carbocycles. The van der Waals surface area contributed by atoms with E-state index in [4.69, 9.17) is 11.6 Å².